The average Bonchev–Trinajstić information content (AvgIpc) is 2.79. The van der Waals surface area contributed by atoms with Crippen molar-refractivity contribution in [3.8, 4) is 5.75 Å². The molecular formula is C26H31NO6. The molecule has 0 aromatic heterocycles. The van der Waals surface area contributed by atoms with E-state index in [0.29, 0.717) is 22.6 Å². The van der Waals surface area contributed by atoms with E-state index in [-0.39, 0.29) is 19.6 Å². The summed E-state index contributed by atoms with van der Waals surface area (Å²) >= 11 is 0. The Labute approximate surface area is 194 Å². The van der Waals surface area contributed by atoms with E-state index >= 15 is 0 Å². The van der Waals surface area contributed by atoms with Gasteiger partial charge in [-0.1, -0.05) is 30.3 Å². The Kier molecular flexibility index (Phi) is 7.76. The summed E-state index contributed by atoms with van der Waals surface area (Å²) in [6, 6.07) is 16.5. The fourth-order valence-electron chi connectivity index (χ4n) is 4.34. The van der Waals surface area contributed by atoms with Crippen LogP contribution in [0.4, 0.5) is 5.69 Å². The number of esters is 2. The molecule has 0 bridgehead atoms. The van der Waals surface area contributed by atoms with Gasteiger partial charge >= 0.3 is 11.9 Å². The Morgan fingerprint density at radius 3 is 2.24 bits per heavy atom. The summed E-state index contributed by atoms with van der Waals surface area (Å²) < 4.78 is 16.0. The fraction of sp³-hybridized carbons (Fsp3) is 0.385. The predicted molar refractivity (Wildman–Crippen MR) is 125 cm³/mol. The first-order valence-corrected chi connectivity index (χ1v) is 11.1. The fourth-order valence-corrected chi connectivity index (χ4v) is 4.34. The minimum atomic E-state index is -1.48. The highest BCUT2D eigenvalue weighted by Gasteiger charge is 2.52. The van der Waals surface area contributed by atoms with Crippen LogP contribution in [0.15, 0.2) is 65.9 Å². The topological polar surface area (TPSA) is 94.1 Å². The quantitative estimate of drug-likeness (QED) is 0.583. The van der Waals surface area contributed by atoms with Gasteiger partial charge in [0.1, 0.15) is 5.75 Å². The van der Waals surface area contributed by atoms with Crippen LogP contribution in [-0.2, 0) is 19.1 Å². The molecule has 0 fully saturated rings. The summed E-state index contributed by atoms with van der Waals surface area (Å²) in [7, 11) is 1.56. The smallest absolute Gasteiger partial charge is 0.336 e. The molecule has 0 radical (unpaired) electrons. The van der Waals surface area contributed by atoms with E-state index in [2.05, 4.69) is 5.32 Å². The maximum Gasteiger partial charge on any atom is 0.336 e. The molecule has 3 atom stereocenters. The van der Waals surface area contributed by atoms with Gasteiger partial charge in [-0.2, -0.15) is 0 Å². The van der Waals surface area contributed by atoms with Crippen LogP contribution in [0.2, 0.25) is 0 Å². The van der Waals surface area contributed by atoms with Gasteiger partial charge in [-0.3, -0.25) is 4.79 Å². The Hall–Kier alpha value is -3.32. The van der Waals surface area contributed by atoms with Crippen LogP contribution in [0.3, 0.4) is 0 Å². The van der Waals surface area contributed by atoms with E-state index in [1.54, 1.807) is 52.1 Å². The lowest BCUT2D eigenvalue weighted by Gasteiger charge is -2.43. The standard InChI is InChI=1S/C26H31NO6/c1-5-32-24(28)22-20(27-18-10-8-7-9-11-18)16-26(3,30)23(25(29)33-6-2)21(22)17-12-14-19(31-4)15-13-17/h7-15,21,23,27,30H,5-6,16H2,1-4H3/t21-,23+,26-/m0/s1. The molecule has 0 saturated carbocycles. The second-order valence-corrected chi connectivity index (χ2v) is 8.12. The van der Waals surface area contributed by atoms with Crippen LogP contribution in [0.25, 0.3) is 0 Å². The zero-order valence-electron chi connectivity index (χ0n) is 19.5. The molecule has 0 aliphatic heterocycles. The summed E-state index contributed by atoms with van der Waals surface area (Å²) in [4.78, 5) is 26.4. The Morgan fingerprint density at radius 1 is 1.03 bits per heavy atom. The highest BCUT2D eigenvalue weighted by molar-refractivity contribution is 5.94. The highest BCUT2D eigenvalue weighted by atomic mass is 16.5. The molecule has 2 N–H and O–H groups in total. The SMILES string of the molecule is CCOC(=O)C1=C(Nc2ccccc2)C[C@](C)(O)[C@@H](C(=O)OCC)[C@H]1c1ccc(OC)cc1. The van der Waals surface area contributed by atoms with Gasteiger partial charge in [-0.15, -0.1) is 0 Å². The molecule has 2 aromatic rings. The van der Waals surface area contributed by atoms with E-state index < -0.39 is 29.4 Å². The summed E-state index contributed by atoms with van der Waals surface area (Å²) in [5.41, 5.74) is 0.753. The molecule has 7 nitrogen and oxygen atoms in total. The number of carbonyl (C=O) groups excluding carboxylic acids is 2. The largest absolute Gasteiger partial charge is 0.497 e. The van der Waals surface area contributed by atoms with Crippen LogP contribution < -0.4 is 10.1 Å². The number of nitrogens with one attached hydrogen (secondary N) is 1. The first-order valence-electron chi connectivity index (χ1n) is 11.1. The number of benzene rings is 2. The van der Waals surface area contributed by atoms with E-state index in [1.807, 2.05) is 30.3 Å². The van der Waals surface area contributed by atoms with Crippen molar-refractivity contribution in [3.63, 3.8) is 0 Å². The van der Waals surface area contributed by atoms with E-state index in [1.165, 1.54) is 0 Å². The lowest BCUT2D eigenvalue weighted by atomic mass is 9.65. The lowest BCUT2D eigenvalue weighted by molar-refractivity contribution is -0.159. The van der Waals surface area contributed by atoms with Crippen LogP contribution >= 0.6 is 0 Å². The van der Waals surface area contributed by atoms with E-state index in [0.717, 1.165) is 5.69 Å². The molecule has 3 rings (SSSR count). The number of carbonyl (C=O) groups is 2. The number of ether oxygens (including phenoxy) is 3. The van der Waals surface area contributed by atoms with Gasteiger partial charge in [-0.25, -0.2) is 4.79 Å². The molecule has 1 aliphatic carbocycles. The summed E-state index contributed by atoms with van der Waals surface area (Å²) in [5, 5.41) is 14.8. The van der Waals surface area contributed by atoms with Gasteiger partial charge in [0.05, 0.1) is 37.4 Å². The number of anilines is 1. The highest BCUT2D eigenvalue weighted by Crippen LogP contribution is 2.48. The number of rotatable bonds is 8. The first-order chi connectivity index (χ1) is 15.8. The third-order valence-corrected chi connectivity index (χ3v) is 5.75. The molecule has 176 valence electrons. The maximum atomic E-state index is 13.3. The maximum absolute atomic E-state index is 13.3. The molecule has 0 spiro atoms. The Balaban J connectivity index is 2.23. The molecule has 0 unspecified atom stereocenters. The number of hydrogen-bond acceptors (Lipinski definition) is 7. The van der Waals surface area contributed by atoms with Crippen molar-refractivity contribution in [1.29, 1.82) is 0 Å². The average molecular weight is 454 g/mol. The van der Waals surface area contributed by atoms with Gasteiger partial charge < -0.3 is 24.6 Å². The molecule has 0 heterocycles. The third kappa shape index (κ3) is 5.37. The Morgan fingerprint density at radius 2 is 1.67 bits per heavy atom. The van der Waals surface area contributed by atoms with Crippen molar-refractivity contribution >= 4 is 17.6 Å². The van der Waals surface area contributed by atoms with Gasteiger partial charge in [0, 0.05) is 23.7 Å². The minimum absolute atomic E-state index is 0.0478. The second kappa shape index (κ2) is 10.5. The summed E-state index contributed by atoms with van der Waals surface area (Å²) in [6.07, 6.45) is 0.0478. The molecular weight excluding hydrogens is 422 g/mol. The van der Waals surface area contributed by atoms with Crippen molar-refractivity contribution in [2.75, 3.05) is 25.6 Å². The molecule has 33 heavy (non-hydrogen) atoms. The summed E-state index contributed by atoms with van der Waals surface area (Å²) in [5.74, 6) is -2.26. The molecule has 7 heteroatoms. The number of methoxy groups -OCH3 is 1. The number of aliphatic hydroxyl groups is 1. The Bertz CT molecular complexity index is 997. The van der Waals surface area contributed by atoms with Crippen LogP contribution in [0, 0.1) is 5.92 Å². The van der Waals surface area contributed by atoms with Gasteiger partial charge in [0.15, 0.2) is 0 Å². The molecule has 0 amide bonds. The first kappa shape index (κ1) is 24.3. The molecule has 0 saturated heterocycles. The lowest BCUT2D eigenvalue weighted by Crippen LogP contribution is -2.49. The second-order valence-electron chi connectivity index (χ2n) is 8.12. The monoisotopic (exact) mass is 453 g/mol. The number of para-hydroxylation sites is 1. The van der Waals surface area contributed by atoms with Crippen molar-refractivity contribution < 1.29 is 28.9 Å². The number of hydrogen-bond donors (Lipinski definition) is 2. The van der Waals surface area contributed by atoms with Gasteiger partial charge in [0.2, 0.25) is 0 Å². The van der Waals surface area contributed by atoms with Crippen LogP contribution in [0.1, 0.15) is 38.7 Å². The zero-order chi connectivity index (χ0) is 24.0. The van der Waals surface area contributed by atoms with Crippen LogP contribution in [0.5, 0.6) is 5.75 Å². The van der Waals surface area contributed by atoms with Gasteiger partial charge in [0.25, 0.3) is 0 Å². The molecule has 2 aromatic carbocycles. The zero-order valence-corrected chi connectivity index (χ0v) is 19.5. The normalized spacial score (nSPS) is 22.5. The third-order valence-electron chi connectivity index (χ3n) is 5.75. The van der Waals surface area contributed by atoms with E-state index in [9.17, 15) is 14.7 Å². The van der Waals surface area contributed by atoms with Crippen molar-refractivity contribution in [2.24, 2.45) is 5.92 Å². The van der Waals surface area contributed by atoms with E-state index in [4.69, 9.17) is 14.2 Å². The van der Waals surface area contributed by atoms with Gasteiger partial charge in [-0.05, 0) is 50.6 Å². The van der Waals surface area contributed by atoms with Crippen LogP contribution in [-0.4, -0.2) is 43.0 Å². The van der Waals surface area contributed by atoms with Crippen molar-refractivity contribution in [2.45, 2.75) is 38.7 Å². The van der Waals surface area contributed by atoms with Crippen molar-refractivity contribution in [1.82, 2.24) is 0 Å². The predicted octanol–water partition coefficient (Wildman–Crippen LogP) is 4.04. The summed E-state index contributed by atoms with van der Waals surface area (Å²) in [6.45, 7) is 5.38. The van der Waals surface area contributed by atoms with Crippen molar-refractivity contribution in [3.05, 3.63) is 71.4 Å². The minimum Gasteiger partial charge on any atom is -0.497 e. The molecule has 1 aliphatic rings.